The van der Waals surface area contributed by atoms with Gasteiger partial charge in [0.05, 0.1) is 6.54 Å². The fourth-order valence-corrected chi connectivity index (χ4v) is 2.49. The Hall–Kier alpha value is -0.0400. The predicted molar refractivity (Wildman–Crippen MR) is 104 cm³/mol. The standard InChI is InChI=1S/C16H34N4.HI/c1-6-15(4)19(5)13-10-18-16(17-7-2)20-11-8-14(3)9-12-20;/h14-15H,6-13H2,1-5H3,(H,17,18);1H. The van der Waals surface area contributed by atoms with Crippen molar-refractivity contribution in [1.82, 2.24) is 15.1 Å². The van der Waals surface area contributed by atoms with Gasteiger partial charge in [0.25, 0.3) is 0 Å². The smallest absolute Gasteiger partial charge is 0.193 e. The molecule has 21 heavy (non-hydrogen) atoms. The third-order valence-electron chi connectivity index (χ3n) is 4.48. The van der Waals surface area contributed by atoms with Gasteiger partial charge in [0.2, 0.25) is 0 Å². The quantitative estimate of drug-likeness (QED) is 0.415. The molecule has 1 aliphatic rings. The molecule has 0 aromatic rings. The molecule has 0 radical (unpaired) electrons. The molecule has 0 aromatic heterocycles. The average Bonchev–Trinajstić information content (AvgIpc) is 2.46. The lowest BCUT2D eigenvalue weighted by atomic mass is 10.00. The second-order valence-electron chi connectivity index (χ2n) is 6.14. The Bertz CT molecular complexity index is 288. The molecule has 1 heterocycles. The summed E-state index contributed by atoms with van der Waals surface area (Å²) in [7, 11) is 2.19. The van der Waals surface area contributed by atoms with E-state index in [1.807, 2.05) is 0 Å². The zero-order valence-corrected chi connectivity index (χ0v) is 16.9. The number of likely N-dealkylation sites (N-methyl/N-ethyl adjacent to an activating group) is 1. The number of nitrogens with zero attached hydrogens (tertiary/aromatic N) is 3. The molecule has 1 rings (SSSR count). The Morgan fingerprint density at radius 2 is 1.95 bits per heavy atom. The second-order valence-corrected chi connectivity index (χ2v) is 6.14. The Morgan fingerprint density at radius 3 is 2.48 bits per heavy atom. The van der Waals surface area contributed by atoms with E-state index in [0.29, 0.717) is 6.04 Å². The number of aliphatic imine (C=N–C) groups is 1. The van der Waals surface area contributed by atoms with Gasteiger partial charge in [-0.15, -0.1) is 24.0 Å². The van der Waals surface area contributed by atoms with Gasteiger partial charge in [0.1, 0.15) is 0 Å². The van der Waals surface area contributed by atoms with E-state index in [1.54, 1.807) is 0 Å². The molecule has 1 unspecified atom stereocenters. The monoisotopic (exact) mass is 410 g/mol. The topological polar surface area (TPSA) is 30.9 Å². The highest BCUT2D eigenvalue weighted by molar-refractivity contribution is 14.0. The summed E-state index contributed by atoms with van der Waals surface area (Å²) in [6, 6.07) is 0.642. The van der Waals surface area contributed by atoms with E-state index in [-0.39, 0.29) is 24.0 Å². The number of guanidine groups is 1. The predicted octanol–water partition coefficient (Wildman–Crippen LogP) is 3.03. The van der Waals surface area contributed by atoms with E-state index < -0.39 is 0 Å². The Kier molecular flexibility index (Phi) is 11.5. The van der Waals surface area contributed by atoms with Crippen LogP contribution in [0.1, 0.15) is 47.0 Å². The number of halogens is 1. The van der Waals surface area contributed by atoms with E-state index in [9.17, 15) is 0 Å². The van der Waals surface area contributed by atoms with Gasteiger partial charge in [0.15, 0.2) is 5.96 Å². The maximum Gasteiger partial charge on any atom is 0.193 e. The highest BCUT2D eigenvalue weighted by Crippen LogP contribution is 2.15. The average molecular weight is 410 g/mol. The summed E-state index contributed by atoms with van der Waals surface area (Å²) in [6.07, 6.45) is 3.78. The third kappa shape index (κ3) is 7.68. The lowest BCUT2D eigenvalue weighted by molar-refractivity contribution is 0.256. The van der Waals surface area contributed by atoms with Gasteiger partial charge >= 0.3 is 0 Å². The molecule has 5 heteroatoms. The molecule has 0 amide bonds. The maximum absolute atomic E-state index is 4.81. The number of nitrogens with one attached hydrogen (secondary N) is 1. The van der Waals surface area contributed by atoms with Crippen molar-refractivity contribution in [3.63, 3.8) is 0 Å². The SMILES string of the molecule is CCNC(=NCCN(C)C(C)CC)N1CCC(C)CC1.I. The first-order valence-electron chi connectivity index (χ1n) is 8.31. The van der Waals surface area contributed by atoms with Crippen molar-refractivity contribution >= 4 is 29.9 Å². The summed E-state index contributed by atoms with van der Waals surface area (Å²) in [4.78, 5) is 9.63. The molecular formula is C16H35IN4. The first kappa shape index (κ1) is 21.0. The van der Waals surface area contributed by atoms with Crippen LogP contribution in [-0.4, -0.2) is 61.6 Å². The summed E-state index contributed by atoms with van der Waals surface area (Å²) < 4.78 is 0. The van der Waals surface area contributed by atoms with Crippen molar-refractivity contribution in [2.24, 2.45) is 10.9 Å². The van der Waals surface area contributed by atoms with E-state index >= 15 is 0 Å². The Labute approximate surface area is 148 Å². The van der Waals surface area contributed by atoms with Crippen molar-refractivity contribution in [3.8, 4) is 0 Å². The molecule has 0 saturated carbocycles. The summed E-state index contributed by atoms with van der Waals surface area (Å²) >= 11 is 0. The molecule has 126 valence electrons. The lowest BCUT2D eigenvalue weighted by Gasteiger charge is -2.33. The van der Waals surface area contributed by atoms with Gasteiger partial charge in [-0.2, -0.15) is 0 Å². The first-order valence-corrected chi connectivity index (χ1v) is 8.31. The van der Waals surface area contributed by atoms with Crippen molar-refractivity contribution in [1.29, 1.82) is 0 Å². The molecule has 0 spiro atoms. The highest BCUT2D eigenvalue weighted by Gasteiger charge is 2.18. The molecule has 0 aliphatic carbocycles. The van der Waals surface area contributed by atoms with Crippen molar-refractivity contribution < 1.29 is 0 Å². The van der Waals surface area contributed by atoms with E-state index in [2.05, 4.69) is 49.9 Å². The number of rotatable bonds is 6. The summed E-state index contributed by atoms with van der Waals surface area (Å²) in [5.74, 6) is 1.97. The molecule has 1 aliphatic heterocycles. The van der Waals surface area contributed by atoms with E-state index in [0.717, 1.165) is 44.6 Å². The number of piperidine rings is 1. The van der Waals surface area contributed by atoms with Crippen LogP contribution < -0.4 is 5.32 Å². The molecule has 0 aromatic carbocycles. The van der Waals surface area contributed by atoms with Crippen LogP contribution in [0, 0.1) is 5.92 Å². The third-order valence-corrected chi connectivity index (χ3v) is 4.48. The lowest BCUT2D eigenvalue weighted by Crippen LogP contribution is -2.45. The minimum Gasteiger partial charge on any atom is -0.357 e. The van der Waals surface area contributed by atoms with Gasteiger partial charge in [-0.25, -0.2) is 0 Å². The van der Waals surface area contributed by atoms with Gasteiger partial charge in [-0.3, -0.25) is 4.99 Å². The number of hydrogen-bond acceptors (Lipinski definition) is 2. The zero-order valence-electron chi connectivity index (χ0n) is 14.6. The number of hydrogen-bond donors (Lipinski definition) is 1. The van der Waals surface area contributed by atoms with Crippen LogP contribution in [0.25, 0.3) is 0 Å². The zero-order chi connectivity index (χ0) is 15.0. The summed E-state index contributed by atoms with van der Waals surface area (Å²) in [5, 5.41) is 3.44. The van der Waals surface area contributed by atoms with Crippen LogP contribution in [0.5, 0.6) is 0 Å². The van der Waals surface area contributed by atoms with Crippen molar-refractivity contribution in [2.45, 2.75) is 53.0 Å². The molecule has 1 N–H and O–H groups in total. The fraction of sp³-hybridized carbons (Fsp3) is 0.938. The van der Waals surface area contributed by atoms with Crippen LogP contribution in [0.15, 0.2) is 4.99 Å². The van der Waals surface area contributed by atoms with Gasteiger partial charge in [0, 0.05) is 32.2 Å². The van der Waals surface area contributed by atoms with E-state index in [4.69, 9.17) is 4.99 Å². The van der Waals surface area contributed by atoms with Gasteiger partial charge in [-0.1, -0.05) is 13.8 Å². The van der Waals surface area contributed by atoms with Gasteiger partial charge in [-0.05, 0) is 46.1 Å². The summed E-state index contributed by atoms with van der Waals surface area (Å²) in [6.45, 7) is 14.2. The van der Waals surface area contributed by atoms with Crippen LogP contribution >= 0.6 is 24.0 Å². The Morgan fingerprint density at radius 1 is 1.33 bits per heavy atom. The summed E-state index contributed by atoms with van der Waals surface area (Å²) in [5.41, 5.74) is 0. The largest absolute Gasteiger partial charge is 0.357 e. The van der Waals surface area contributed by atoms with E-state index in [1.165, 1.54) is 19.3 Å². The molecule has 1 fully saturated rings. The van der Waals surface area contributed by atoms with Crippen LogP contribution in [0.2, 0.25) is 0 Å². The Balaban J connectivity index is 0.00000400. The van der Waals surface area contributed by atoms with Crippen molar-refractivity contribution in [3.05, 3.63) is 0 Å². The van der Waals surface area contributed by atoms with Crippen LogP contribution in [0.3, 0.4) is 0 Å². The molecule has 4 nitrogen and oxygen atoms in total. The molecule has 1 saturated heterocycles. The minimum absolute atomic E-state index is 0. The minimum atomic E-state index is 0. The van der Waals surface area contributed by atoms with Crippen LogP contribution in [0.4, 0.5) is 0 Å². The first-order chi connectivity index (χ1) is 9.58. The fourth-order valence-electron chi connectivity index (χ4n) is 2.49. The molecule has 0 bridgehead atoms. The molecular weight excluding hydrogens is 375 g/mol. The van der Waals surface area contributed by atoms with Crippen LogP contribution in [-0.2, 0) is 0 Å². The highest BCUT2D eigenvalue weighted by atomic mass is 127. The van der Waals surface area contributed by atoms with Crippen molar-refractivity contribution in [2.75, 3.05) is 39.8 Å². The number of likely N-dealkylation sites (tertiary alicyclic amines) is 1. The molecule has 1 atom stereocenters. The second kappa shape index (κ2) is 11.5. The maximum atomic E-state index is 4.81. The van der Waals surface area contributed by atoms with Gasteiger partial charge < -0.3 is 15.1 Å². The normalized spacial score (nSPS) is 18.6.